The van der Waals surface area contributed by atoms with Crippen molar-refractivity contribution in [2.24, 2.45) is 0 Å². The SMILES string of the molecule is COc1ccc2c(c1)CCC=C2C(O)c1ccc(C(C)C)cc1. The Balaban J connectivity index is 1.91. The number of rotatable bonds is 4. The zero-order valence-electron chi connectivity index (χ0n) is 14.0. The molecule has 0 fully saturated rings. The summed E-state index contributed by atoms with van der Waals surface area (Å²) >= 11 is 0. The predicted molar refractivity (Wildman–Crippen MR) is 94.8 cm³/mol. The summed E-state index contributed by atoms with van der Waals surface area (Å²) in [5, 5.41) is 10.8. The molecular weight excluding hydrogens is 284 g/mol. The van der Waals surface area contributed by atoms with E-state index in [1.54, 1.807) is 7.11 Å². The normalized spacial score (nSPS) is 15.1. The third-order valence-corrected chi connectivity index (χ3v) is 4.61. The van der Waals surface area contributed by atoms with Crippen LogP contribution in [-0.4, -0.2) is 12.2 Å². The van der Waals surface area contributed by atoms with Gasteiger partial charge in [-0.1, -0.05) is 50.3 Å². The van der Waals surface area contributed by atoms with E-state index in [1.165, 1.54) is 11.1 Å². The first-order chi connectivity index (χ1) is 11.1. The standard InChI is InChI=1S/C21H24O2/c1-14(2)15-7-9-16(10-8-15)21(22)20-6-4-5-17-13-18(23-3)11-12-19(17)20/h6-14,21-22H,4-5H2,1-3H3. The first kappa shape index (κ1) is 15.8. The average molecular weight is 308 g/mol. The van der Waals surface area contributed by atoms with Crippen molar-refractivity contribution >= 4 is 5.57 Å². The maximum absolute atomic E-state index is 10.8. The molecule has 1 aliphatic rings. The lowest BCUT2D eigenvalue weighted by Gasteiger charge is -2.23. The molecule has 0 saturated heterocycles. The molecule has 2 aromatic rings. The van der Waals surface area contributed by atoms with Gasteiger partial charge >= 0.3 is 0 Å². The van der Waals surface area contributed by atoms with Gasteiger partial charge in [-0.05, 0) is 58.7 Å². The van der Waals surface area contributed by atoms with Crippen molar-refractivity contribution in [1.82, 2.24) is 0 Å². The van der Waals surface area contributed by atoms with Crippen LogP contribution < -0.4 is 4.74 Å². The second-order valence-corrected chi connectivity index (χ2v) is 6.45. The molecule has 1 unspecified atom stereocenters. The summed E-state index contributed by atoms with van der Waals surface area (Å²) in [7, 11) is 1.69. The van der Waals surface area contributed by atoms with Crippen molar-refractivity contribution in [1.29, 1.82) is 0 Å². The van der Waals surface area contributed by atoms with E-state index in [1.807, 2.05) is 18.2 Å². The van der Waals surface area contributed by atoms with Gasteiger partial charge in [-0.3, -0.25) is 0 Å². The molecule has 0 bridgehead atoms. The van der Waals surface area contributed by atoms with Crippen LogP contribution in [0.1, 0.15) is 54.5 Å². The first-order valence-electron chi connectivity index (χ1n) is 8.25. The number of benzene rings is 2. The Morgan fingerprint density at radius 2 is 1.70 bits per heavy atom. The maximum atomic E-state index is 10.8. The molecule has 23 heavy (non-hydrogen) atoms. The van der Waals surface area contributed by atoms with E-state index in [0.717, 1.165) is 35.3 Å². The van der Waals surface area contributed by atoms with Crippen molar-refractivity contribution in [3.63, 3.8) is 0 Å². The molecule has 0 heterocycles. The van der Waals surface area contributed by atoms with Crippen molar-refractivity contribution in [2.75, 3.05) is 7.11 Å². The largest absolute Gasteiger partial charge is 0.497 e. The van der Waals surface area contributed by atoms with Crippen LogP contribution in [0.4, 0.5) is 0 Å². The molecule has 0 aliphatic heterocycles. The number of ether oxygens (including phenoxy) is 1. The van der Waals surface area contributed by atoms with Crippen LogP contribution in [0.3, 0.4) is 0 Å². The smallest absolute Gasteiger partial charge is 0.119 e. The van der Waals surface area contributed by atoms with Gasteiger partial charge in [-0.15, -0.1) is 0 Å². The highest BCUT2D eigenvalue weighted by Gasteiger charge is 2.21. The fourth-order valence-corrected chi connectivity index (χ4v) is 3.18. The molecule has 1 atom stereocenters. The number of fused-ring (bicyclic) bond motifs is 1. The molecular formula is C21H24O2. The highest BCUT2D eigenvalue weighted by Crippen LogP contribution is 2.37. The Morgan fingerprint density at radius 3 is 2.35 bits per heavy atom. The number of allylic oxidation sites excluding steroid dienone is 1. The molecule has 1 N–H and O–H groups in total. The molecule has 0 amide bonds. The van der Waals surface area contributed by atoms with Crippen LogP contribution >= 0.6 is 0 Å². The van der Waals surface area contributed by atoms with Gasteiger partial charge in [0.25, 0.3) is 0 Å². The Labute approximate surface area is 138 Å². The number of aliphatic hydroxyl groups is 1. The van der Waals surface area contributed by atoms with E-state index in [9.17, 15) is 5.11 Å². The summed E-state index contributed by atoms with van der Waals surface area (Å²) in [6.45, 7) is 4.36. The molecule has 0 radical (unpaired) electrons. The predicted octanol–water partition coefficient (Wildman–Crippen LogP) is 4.88. The Morgan fingerprint density at radius 1 is 1.00 bits per heavy atom. The third-order valence-electron chi connectivity index (χ3n) is 4.61. The van der Waals surface area contributed by atoms with Crippen LogP contribution in [0, 0.1) is 0 Å². The summed E-state index contributed by atoms with van der Waals surface area (Å²) in [5.74, 6) is 1.38. The number of hydrogen-bond acceptors (Lipinski definition) is 2. The van der Waals surface area contributed by atoms with E-state index in [-0.39, 0.29) is 0 Å². The van der Waals surface area contributed by atoms with Crippen LogP contribution in [0.2, 0.25) is 0 Å². The van der Waals surface area contributed by atoms with Gasteiger partial charge in [0.15, 0.2) is 0 Å². The highest BCUT2D eigenvalue weighted by molar-refractivity contribution is 5.74. The summed E-state index contributed by atoms with van der Waals surface area (Å²) in [6.07, 6.45) is 3.53. The Bertz CT molecular complexity index is 711. The molecule has 0 aromatic heterocycles. The van der Waals surface area contributed by atoms with Gasteiger partial charge in [0.05, 0.1) is 7.11 Å². The second kappa shape index (κ2) is 6.59. The van der Waals surface area contributed by atoms with Crippen LogP contribution in [0.15, 0.2) is 48.5 Å². The number of methoxy groups -OCH3 is 1. The highest BCUT2D eigenvalue weighted by atomic mass is 16.5. The molecule has 120 valence electrons. The average Bonchev–Trinajstić information content (AvgIpc) is 2.60. The Kier molecular flexibility index (Phi) is 4.53. The van der Waals surface area contributed by atoms with Crippen molar-refractivity contribution in [3.05, 3.63) is 70.8 Å². The van der Waals surface area contributed by atoms with Gasteiger partial charge in [0.2, 0.25) is 0 Å². The quantitative estimate of drug-likeness (QED) is 0.872. The van der Waals surface area contributed by atoms with Crippen molar-refractivity contribution < 1.29 is 9.84 Å². The molecule has 1 aliphatic carbocycles. The summed E-state index contributed by atoms with van der Waals surface area (Å²) in [4.78, 5) is 0. The Hall–Kier alpha value is -2.06. The van der Waals surface area contributed by atoms with E-state index in [0.29, 0.717) is 5.92 Å². The van der Waals surface area contributed by atoms with Crippen LogP contribution in [0.5, 0.6) is 5.75 Å². The third kappa shape index (κ3) is 3.18. The maximum Gasteiger partial charge on any atom is 0.119 e. The topological polar surface area (TPSA) is 29.5 Å². The fourth-order valence-electron chi connectivity index (χ4n) is 3.18. The number of aliphatic hydroxyl groups excluding tert-OH is 1. The lowest BCUT2D eigenvalue weighted by molar-refractivity contribution is 0.237. The molecule has 2 aromatic carbocycles. The van der Waals surface area contributed by atoms with Crippen LogP contribution in [-0.2, 0) is 6.42 Å². The van der Waals surface area contributed by atoms with E-state index in [2.05, 4.69) is 44.2 Å². The van der Waals surface area contributed by atoms with Crippen molar-refractivity contribution in [3.8, 4) is 5.75 Å². The van der Waals surface area contributed by atoms with Gasteiger partial charge in [0.1, 0.15) is 11.9 Å². The molecule has 2 nitrogen and oxygen atoms in total. The molecule has 2 heteroatoms. The molecule has 3 rings (SSSR count). The lowest BCUT2D eigenvalue weighted by Crippen LogP contribution is -2.08. The first-order valence-corrected chi connectivity index (χ1v) is 8.25. The molecule has 0 spiro atoms. The zero-order chi connectivity index (χ0) is 16.4. The van der Waals surface area contributed by atoms with Crippen LogP contribution in [0.25, 0.3) is 5.57 Å². The van der Waals surface area contributed by atoms with Gasteiger partial charge in [-0.25, -0.2) is 0 Å². The number of aryl methyl sites for hydroxylation is 1. The summed E-state index contributed by atoms with van der Waals surface area (Å²) < 4.78 is 5.31. The summed E-state index contributed by atoms with van der Waals surface area (Å²) in [6, 6.07) is 14.4. The van der Waals surface area contributed by atoms with Gasteiger partial charge in [0, 0.05) is 0 Å². The van der Waals surface area contributed by atoms with Crippen molar-refractivity contribution in [2.45, 2.75) is 38.7 Å². The van der Waals surface area contributed by atoms with E-state index < -0.39 is 6.10 Å². The van der Waals surface area contributed by atoms with E-state index >= 15 is 0 Å². The second-order valence-electron chi connectivity index (χ2n) is 6.45. The lowest BCUT2D eigenvalue weighted by atomic mass is 9.85. The monoisotopic (exact) mass is 308 g/mol. The van der Waals surface area contributed by atoms with Gasteiger partial charge in [-0.2, -0.15) is 0 Å². The minimum atomic E-state index is -0.580. The van der Waals surface area contributed by atoms with E-state index in [4.69, 9.17) is 4.74 Å². The summed E-state index contributed by atoms with van der Waals surface area (Å²) in [5.41, 5.74) is 5.64. The minimum Gasteiger partial charge on any atom is -0.497 e. The minimum absolute atomic E-state index is 0.503. The fraction of sp³-hybridized carbons (Fsp3) is 0.333. The van der Waals surface area contributed by atoms with Gasteiger partial charge < -0.3 is 9.84 Å². The molecule has 0 saturated carbocycles. The zero-order valence-corrected chi connectivity index (χ0v) is 14.0. The number of hydrogen-bond donors (Lipinski definition) is 1.